The van der Waals surface area contributed by atoms with E-state index in [2.05, 4.69) is 10.3 Å². The predicted octanol–water partition coefficient (Wildman–Crippen LogP) is 5.60. The fourth-order valence-corrected chi connectivity index (χ4v) is 2.93. The van der Waals surface area contributed by atoms with Crippen molar-refractivity contribution >= 4 is 56.9 Å². The van der Waals surface area contributed by atoms with Crippen molar-refractivity contribution in [2.75, 3.05) is 5.32 Å². The van der Waals surface area contributed by atoms with Crippen LogP contribution in [0.5, 0.6) is 0 Å². The third-order valence-corrected chi connectivity index (χ3v) is 4.35. The standard InChI is InChI=1S/C18H10ClIN2O3/c19-11-3-6-14-13(9-11)22-18(25-14)10-1-4-12(5-2-10)21-17(23)15-7-8-16(20)24-15/h1-9H,(H,21,23). The summed E-state index contributed by atoms with van der Waals surface area (Å²) in [5.41, 5.74) is 2.83. The second-order valence-electron chi connectivity index (χ2n) is 5.27. The minimum Gasteiger partial charge on any atom is -0.445 e. The number of carbonyl (C=O) groups excluding carboxylic acids is 1. The first kappa shape index (κ1) is 16.2. The minimum atomic E-state index is -0.299. The Bertz CT molecular complexity index is 1070. The number of rotatable bonds is 3. The topological polar surface area (TPSA) is 68.3 Å². The fourth-order valence-electron chi connectivity index (χ4n) is 2.35. The van der Waals surface area contributed by atoms with Crippen LogP contribution in [0, 0.1) is 3.77 Å². The van der Waals surface area contributed by atoms with Crippen LogP contribution in [-0.2, 0) is 0 Å². The van der Waals surface area contributed by atoms with Crippen molar-refractivity contribution in [2.45, 2.75) is 0 Å². The van der Waals surface area contributed by atoms with Gasteiger partial charge in [0.25, 0.3) is 5.91 Å². The summed E-state index contributed by atoms with van der Waals surface area (Å²) in [7, 11) is 0. The zero-order valence-electron chi connectivity index (χ0n) is 12.6. The largest absolute Gasteiger partial charge is 0.445 e. The number of aromatic nitrogens is 1. The Labute approximate surface area is 161 Å². The number of carbonyl (C=O) groups is 1. The quantitative estimate of drug-likeness (QED) is 0.401. The molecule has 0 aliphatic rings. The highest BCUT2D eigenvalue weighted by Gasteiger charge is 2.12. The van der Waals surface area contributed by atoms with Crippen molar-refractivity contribution in [3.63, 3.8) is 0 Å². The number of nitrogens with one attached hydrogen (secondary N) is 1. The Morgan fingerprint density at radius 1 is 1.04 bits per heavy atom. The van der Waals surface area contributed by atoms with Gasteiger partial charge in [0.15, 0.2) is 15.1 Å². The van der Waals surface area contributed by atoms with E-state index in [-0.39, 0.29) is 11.7 Å². The average Bonchev–Trinajstić information content (AvgIpc) is 3.21. The highest BCUT2D eigenvalue weighted by molar-refractivity contribution is 14.1. The van der Waals surface area contributed by atoms with Gasteiger partial charge in [-0.1, -0.05) is 11.6 Å². The van der Waals surface area contributed by atoms with Crippen molar-refractivity contribution < 1.29 is 13.6 Å². The van der Waals surface area contributed by atoms with Crippen LogP contribution >= 0.6 is 34.2 Å². The van der Waals surface area contributed by atoms with Crippen LogP contribution in [0.2, 0.25) is 5.02 Å². The molecule has 0 fully saturated rings. The molecule has 7 heteroatoms. The molecule has 0 aliphatic carbocycles. The number of oxazole rings is 1. The number of furan rings is 1. The van der Waals surface area contributed by atoms with E-state index in [0.29, 0.717) is 31.5 Å². The Hall–Kier alpha value is -2.32. The number of nitrogens with zero attached hydrogens (tertiary/aromatic N) is 1. The van der Waals surface area contributed by atoms with Crippen molar-refractivity contribution in [2.24, 2.45) is 0 Å². The summed E-state index contributed by atoms with van der Waals surface area (Å²) in [4.78, 5) is 16.5. The highest BCUT2D eigenvalue weighted by atomic mass is 127. The molecule has 2 aromatic heterocycles. The molecule has 0 unspecified atom stereocenters. The van der Waals surface area contributed by atoms with Gasteiger partial charge in [-0.2, -0.15) is 0 Å². The predicted molar refractivity (Wildman–Crippen MR) is 104 cm³/mol. The van der Waals surface area contributed by atoms with Gasteiger partial charge in [0.05, 0.1) is 0 Å². The molecule has 1 N–H and O–H groups in total. The molecule has 0 radical (unpaired) electrons. The van der Waals surface area contributed by atoms with Gasteiger partial charge >= 0.3 is 0 Å². The van der Waals surface area contributed by atoms with E-state index in [1.165, 1.54) is 0 Å². The molecule has 0 atom stereocenters. The minimum absolute atomic E-state index is 0.268. The van der Waals surface area contributed by atoms with E-state index in [1.54, 1.807) is 42.5 Å². The molecule has 2 aromatic carbocycles. The first-order valence-electron chi connectivity index (χ1n) is 7.32. The monoisotopic (exact) mass is 464 g/mol. The lowest BCUT2D eigenvalue weighted by Gasteiger charge is -2.03. The number of benzene rings is 2. The maximum atomic E-state index is 12.1. The first-order valence-corrected chi connectivity index (χ1v) is 8.77. The Morgan fingerprint density at radius 2 is 1.84 bits per heavy atom. The van der Waals surface area contributed by atoms with Gasteiger partial charge in [-0.3, -0.25) is 4.79 Å². The molecule has 0 bridgehead atoms. The summed E-state index contributed by atoms with van der Waals surface area (Å²) in [6.45, 7) is 0. The van der Waals surface area contributed by atoms with E-state index in [1.807, 2.05) is 34.7 Å². The third kappa shape index (κ3) is 3.40. The van der Waals surface area contributed by atoms with Gasteiger partial charge in [-0.15, -0.1) is 0 Å². The van der Waals surface area contributed by atoms with E-state index >= 15 is 0 Å². The smallest absolute Gasteiger partial charge is 0.291 e. The molecule has 0 spiro atoms. The van der Waals surface area contributed by atoms with Gasteiger partial charge in [-0.25, -0.2) is 4.98 Å². The SMILES string of the molecule is O=C(Nc1ccc(-c2nc3cc(Cl)ccc3o2)cc1)c1ccc(I)o1. The van der Waals surface area contributed by atoms with E-state index in [4.69, 9.17) is 20.4 Å². The second kappa shape index (κ2) is 6.53. The lowest BCUT2D eigenvalue weighted by Crippen LogP contribution is -2.10. The highest BCUT2D eigenvalue weighted by Crippen LogP contribution is 2.27. The molecule has 0 saturated heterocycles. The summed E-state index contributed by atoms with van der Waals surface area (Å²) in [6.07, 6.45) is 0. The zero-order chi connectivity index (χ0) is 17.4. The van der Waals surface area contributed by atoms with Gasteiger partial charge in [0, 0.05) is 16.3 Å². The van der Waals surface area contributed by atoms with Crippen LogP contribution in [0.15, 0.2) is 63.4 Å². The van der Waals surface area contributed by atoms with Gasteiger partial charge < -0.3 is 14.2 Å². The van der Waals surface area contributed by atoms with Crippen molar-refractivity contribution in [3.8, 4) is 11.5 Å². The third-order valence-electron chi connectivity index (χ3n) is 3.54. The van der Waals surface area contributed by atoms with Gasteiger partial charge in [0.2, 0.25) is 5.89 Å². The summed E-state index contributed by atoms with van der Waals surface area (Å²) in [5, 5.41) is 3.39. The van der Waals surface area contributed by atoms with Gasteiger partial charge in [-0.05, 0) is 77.2 Å². The van der Waals surface area contributed by atoms with Crippen molar-refractivity contribution in [3.05, 3.63) is 69.1 Å². The number of hydrogen-bond donors (Lipinski definition) is 1. The van der Waals surface area contributed by atoms with Crippen LogP contribution in [-0.4, -0.2) is 10.9 Å². The number of anilines is 1. The molecule has 0 saturated carbocycles. The van der Waals surface area contributed by atoms with E-state index in [9.17, 15) is 4.79 Å². The van der Waals surface area contributed by atoms with E-state index in [0.717, 1.165) is 5.56 Å². The summed E-state index contributed by atoms with van der Waals surface area (Å²) in [5.74, 6) is 0.465. The molecule has 4 aromatic rings. The maximum Gasteiger partial charge on any atom is 0.291 e. The van der Waals surface area contributed by atoms with Crippen molar-refractivity contribution in [1.29, 1.82) is 0 Å². The molecular formula is C18H10ClIN2O3. The van der Waals surface area contributed by atoms with Crippen molar-refractivity contribution in [1.82, 2.24) is 4.98 Å². The van der Waals surface area contributed by atoms with Gasteiger partial charge in [0.1, 0.15) is 5.52 Å². The Morgan fingerprint density at radius 3 is 2.56 bits per heavy atom. The lowest BCUT2D eigenvalue weighted by atomic mass is 10.2. The molecule has 25 heavy (non-hydrogen) atoms. The molecule has 1 amide bonds. The molecule has 2 heterocycles. The number of halogens is 2. The average molecular weight is 465 g/mol. The van der Waals surface area contributed by atoms with Crippen LogP contribution in [0.3, 0.4) is 0 Å². The Balaban J connectivity index is 1.55. The maximum absolute atomic E-state index is 12.1. The fraction of sp³-hybridized carbons (Fsp3) is 0. The normalized spacial score (nSPS) is 11.0. The Kier molecular flexibility index (Phi) is 4.22. The summed E-state index contributed by atoms with van der Waals surface area (Å²) >= 11 is 7.98. The zero-order valence-corrected chi connectivity index (χ0v) is 15.5. The van der Waals surface area contributed by atoms with Crippen LogP contribution < -0.4 is 5.32 Å². The molecule has 4 rings (SSSR count). The van der Waals surface area contributed by atoms with Crippen LogP contribution in [0.4, 0.5) is 5.69 Å². The number of amides is 1. The van der Waals surface area contributed by atoms with E-state index < -0.39 is 0 Å². The molecule has 5 nitrogen and oxygen atoms in total. The first-order chi connectivity index (χ1) is 12.1. The van der Waals surface area contributed by atoms with Crippen LogP contribution in [0.25, 0.3) is 22.6 Å². The lowest BCUT2D eigenvalue weighted by molar-refractivity contribution is 0.0995. The number of fused-ring (bicyclic) bond motifs is 1. The number of hydrogen-bond acceptors (Lipinski definition) is 4. The molecule has 0 aliphatic heterocycles. The molecular weight excluding hydrogens is 455 g/mol. The summed E-state index contributed by atoms with van der Waals surface area (Å²) < 4.78 is 11.7. The molecule has 124 valence electrons. The summed E-state index contributed by atoms with van der Waals surface area (Å²) in [6, 6.07) is 15.9. The second-order valence-corrected chi connectivity index (χ2v) is 6.77. The van der Waals surface area contributed by atoms with Crippen LogP contribution in [0.1, 0.15) is 10.6 Å².